The van der Waals surface area contributed by atoms with Crippen LogP contribution in [0.5, 0.6) is 5.75 Å². The van der Waals surface area contributed by atoms with Gasteiger partial charge in [0.25, 0.3) is 11.5 Å². The molecular weight excluding hydrogens is 599 g/mol. The van der Waals surface area contributed by atoms with Crippen molar-refractivity contribution in [3.63, 3.8) is 0 Å². The molecule has 5 rings (SSSR count). The Hall–Kier alpha value is -2.80. The van der Waals surface area contributed by atoms with E-state index >= 15 is 0 Å². The second-order valence-electron chi connectivity index (χ2n) is 12.0. The van der Waals surface area contributed by atoms with E-state index in [2.05, 4.69) is 27.1 Å². The van der Waals surface area contributed by atoms with Crippen LogP contribution in [0.1, 0.15) is 59.8 Å². The van der Waals surface area contributed by atoms with Crippen molar-refractivity contribution in [1.29, 1.82) is 0 Å². The Kier molecular flexibility index (Phi) is 10.1. The van der Waals surface area contributed by atoms with Crippen LogP contribution in [0.4, 0.5) is 18.9 Å². The van der Waals surface area contributed by atoms with Crippen LogP contribution in [-0.4, -0.2) is 91.9 Å². The van der Waals surface area contributed by atoms with Crippen molar-refractivity contribution in [2.24, 2.45) is 0 Å². The first-order valence-corrected chi connectivity index (χ1v) is 15.7. The van der Waals surface area contributed by atoms with Crippen molar-refractivity contribution in [3.8, 4) is 5.75 Å². The normalized spacial score (nSPS) is 22.0. The van der Waals surface area contributed by atoms with Crippen molar-refractivity contribution < 1.29 is 27.4 Å². The standard InChI is InChI=1S/C31H41ClF3N5O4/c1-4-40(20-5-11-43-12-6-20)26-17-23(44-22-14-21(15-22)39-9-7-38(3)8-10-39)16-24(28(26)32)29(41)36-18-25-19(2)13-27(31(33,34)35)37-30(25)42/h13,16-17,20-22H,4-12,14-15,18H2,1-3H3,(H,36,41)(H,37,42)/t21-,22-. The van der Waals surface area contributed by atoms with E-state index in [0.29, 0.717) is 37.2 Å². The lowest BCUT2D eigenvalue weighted by molar-refractivity contribution is -0.141. The zero-order valence-corrected chi connectivity index (χ0v) is 26.2. The fourth-order valence-corrected chi connectivity index (χ4v) is 6.62. The van der Waals surface area contributed by atoms with Crippen molar-refractivity contribution in [2.45, 2.75) is 70.4 Å². The predicted molar refractivity (Wildman–Crippen MR) is 163 cm³/mol. The number of aryl methyl sites for hydroxylation is 1. The van der Waals surface area contributed by atoms with Crippen LogP contribution in [-0.2, 0) is 17.5 Å². The molecule has 0 bridgehead atoms. The van der Waals surface area contributed by atoms with E-state index < -0.39 is 23.3 Å². The SMILES string of the molecule is CCN(c1cc(O[C@H]2C[C@H](N3CCN(C)CC3)C2)cc(C(=O)NCc2c(C)cc(C(F)(F)F)[nH]c2=O)c1Cl)C1CCOCC1. The lowest BCUT2D eigenvalue weighted by Gasteiger charge is -2.45. The molecule has 0 radical (unpaired) electrons. The highest BCUT2D eigenvalue weighted by Crippen LogP contribution is 2.39. The maximum absolute atomic E-state index is 13.5. The van der Waals surface area contributed by atoms with E-state index in [4.69, 9.17) is 21.1 Å². The Bertz CT molecular complexity index is 1380. The van der Waals surface area contributed by atoms with Gasteiger partial charge in [0, 0.05) is 89.0 Å². The number of carbonyl (C=O) groups is 1. The van der Waals surface area contributed by atoms with Crippen molar-refractivity contribution in [3.05, 3.63) is 56.0 Å². The monoisotopic (exact) mass is 639 g/mol. The molecule has 1 aromatic carbocycles. The van der Waals surface area contributed by atoms with Crippen LogP contribution in [0.25, 0.3) is 0 Å². The number of hydrogen-bond donors (Lipinski definition) is 2. The number of pyridine rings is 1. The average molecular weight is 640 g/mol. The van der Waals surface area contributed by atoms with Gasteiger partial charge >= 0.3 is 6.18 Å². The summed E-state index contributed by atoms with van der Waals surface area (Å²) < 4.78 is 51.4. The highest BCUT2D eigenvalue weighted by atomic mass is 35.5. The number of carbonyl (C=O) groups excluding carboxylic acids is 1. The van der Waals surface area contributed by atoms with Gasteiger partial charge in [-0.05, 0) is 51.4 Å². The molecule has 3 heterocycles. The summed E-state index contributed by atoms with van der Waals surface area (Å²) in [6.07, 6.45) is -1.23. The first-order valence-electron chi connectivity index (χ1n) is 15.3. The van der Waals surface area contributed by atoms with Gasteiger partial charge in [0.15, 0.2) is 0 Å². The zero-order valence-electron chi connectivity index (χ0n) is 25.4. The number of nitrogens with one attached hydrogen (secondary N) is 2. The number of H-pyrrole nitrogens is 1. The fourth-order valence-electron chi connectivity index (χ4n) is 6.31. The maximum Gasteiger partial charge on any atom is 0.431 e. The molecule has 13 heteroatoms. The average Bonchev–Trinajstić information content (AvgIpc) is 2.96. The Morgan fingerprint density at radius 1 is 1.16 bits per heavy atom. The number of halogens is 4. The largest absolute Gasteiger partial charge is 0.490 e. The first kappa shape index (κ1) is 32.6. The van der Waals surface area contributed by atoms with Crippen LogP contribution in [0, 0.1) is 6.92 Å². The summed E-state index contributed by atoms with van der Waals surface area (Å²) in [6.45, 7) is 9.31. The highest BCUT2D eigenvalue weighted by molar-refractivity contribution is 6.36. The number of nitrogens with zero attached hydrogens (tertiary/aromatic N) is 3. The Morgan fingerprint density at radius 2 is 1.84 bits per heavy atom. The molecule has 1 saturated carbocycles. The van der Waals surface area contributed by atoms with Gasteiger partial charge in [-0.1, -0.05) is 11.6 Å². The van der Waals surface area contributed by atoms with Gasteiger partial charge in [-0.2, -0.15) is 13.2 Å². The summed E-state index contributed by atoms with van der Waals surface area (Å²) in [7, 11) is 2.14. The predicted octanol–water partition coefficient (Wildman–Crippen LogP) is 4.45. The Balaban J connectivity index is 1.36. The number of amides is 1. The van der Waals surface area contributed by atoms with Gasteiger partial charge in [-0.3, -0.25) is 14.5 Å². The number of ether oxygens (including phenoxy) is 2. The molecule has 0 unspecified atom stereocenters. The van der Waals surface area contributed by atoms with E-state index in [0.717, 1.165) is 57.9 Å². The van der Waals surface area contributed by atoms with E-state index in [1.807, 2.05) is 18.0 Å². The third-order valence-electron chi connectivity index (χ3n) is 9.07. The van der Waals surface area contributed by atoms with Crippen LogP contribution in [0.15, 0.2) is 23.0 Å². The highest BCUT2D eigenvalue weighted by Gasteiger charge is 2.37. The third-order valence-corrected chi connectivity index (χ3v) is 9.47. The second kappa shape index (κ2) is 13.7. The molecule has 1 amide bonds. The number of anilines is 1. The van der Waals surface area contributed by atoms with E-state index in [-0.39, 0.29) is 40.4 Å². The van der Waals surface area contributed by atoms with Gasteiger partial charge in [0.2, 0.25) is 0 Å². The first-order chi connectivity index (χ1) is 20.9. The number of aromatic nitrogens is 1. The smallest absolute Gasteiger partial charge is 0.431 e. The molecule has 3 aliphatic rings. The molecule has 242 valence electrons. The molecule has 2 aliphatic heterocycles. The topological polar surface area (TPSA) is 90.1 Å². The molecule has 0 atom stereocenters. The van der Waals surface area contributed by atoms with Crippen LogP contribution < -0.4 is 20.5 Å². The van der Waals surface area contributed by atoms with Gasteiger partial charge in [0.1, 0.15) is 17.5 Å². The molecule has 2 saturated heterocycles. The molecule has 9 nitrogen and oxygen atoms in total. The summed E-state index contributed by atoms with van der Waals surface area (Å²) in [4.78, 5) is 34.9. The summed E-state index contributed by atoms with van der Waals surface area (Å²) in [6, 6.07) is 5.03. The summed E-state index contributed by atoms with van der Waals surface area (Å²) in [5.74, 6) is -0.0159. The molecule has 1 aliphatic carbocycles. The van der Waals surface area contributed by atoms with E-state index in [9.17, 15) is 22.8 Å². The second-order valence-corrected chi connectivity index (χ2v) is 12.4. The lowest BCUT2D eigenvalue weighted by atomic mass is 9.87. The number of benzene rings is 1. The number of aromatic amines is 1. The molecule has 1 aromatic heterocycles. The number of hydrogen-bond acceptors (Lipinski definition) is 7. The third kappa shape index (κ3) is 7.35. The quantitative estimate of drug-likeness (QED) is 0.419. The van der Waals surface area contributed by atoms with Crippen LogP contribution in [0.2, 0.25) is 5.02 Å². The van der Waals surface area contributed by atoms with Crippen molar-refractivity contribution in [1.82, 2.24) is 20.1 Å². The summed E-state index contributed by atoms with van der Waals surface area (Å²) in [5, 5.41) is 2.95. The summed E-state index contributed by atoms with van der Waals surface area (Å²) >= 11 is 6.91. The number of alkyl halides is 3. The Morgan fingerprint density at radius 3 is 2.45 bits per heavy atom. The lowest BCUT2D eigenvalue weighted by Crippen LogP contribution is -2.55. The van der Waals surface area contributed by atoms with Crippen LogP contribution >= 0.6 is 11.6 Å². The summed E-state index contributed by atoms with van der Waals surface area (Å²) in [5.41, 5.74) is -1.01. The van der Waals surface area contributed by atoms with Crippen molar-refractivity contribution >= 4 is 23.2 Å². The molecule has 3 fully saturated rings. The minimum Gasteiger partial charge on any atom is -0.490 e. The number of rotatable bonds is 9. The number of piperazine rings is 1. The minimum atomic E-state index is -4.68. The Labute approximate surface area is 260 Å². The fraction of sp³-hybridized carbons (Fsp3) is 0.613. The molecule has 0 spiro atoms. The molecule has 2 aromatic rings. The van der Waals surface area contributed by atoms with Crippen molar-refractivity contribution in [2.75, 3.05) is 57.9 Å². The zero-order chi connectivity index (χ0) is 31.6. The van der Waals surface area contributed by atoms with Gasteiger partial charge < -0.3 is 29.6 Å². The van der Waals surface area contributed by atoms with E-state index in [1.54, 1.807) is 6.07 Å². The van der Waals surface area contributed by atoms with Gasteiger partial charge in [-0.15, -0.1) is 0 Å². The maximum atomic E-state index is 13.5. The van der Waals surface area contributed by atoms with E-state index in [1.165, 1.54) is 6.92 Å². The minimum absolute atomic E-state index is 0.0103. The van der Waals surface area contributed by atoms with Gasteiger partial charge in [-0.25, -0.2) is 0 Å². The number of likely N-dealkylation sites (N-methyl/N-ethyl adjacent to an activating group) is 1. The van der Waals surface area contributed by atoms with Gasteiger partial charge in [0.05, 0.1) is 16.3 Å². The molecular formula is C31H41ClF3N5O4. The molecule has 44 heavy (non-hydrogen) atoms. The van der Waals surface area contributed by atoms with Crippen LogP contribution in [0.3, 0.4) is 0 Å². The molecule has 2 N–H and O–H groups in total.